The van der Waals surface area contributed by atoms with Crippen LogP contribution >= 0.6 is 0 Å². The van der Waals surface area contributed by atoms with Crippen LogP contribution in [0.4, 0.5) is 0 Å². The van der Waals surface area contributed by atoms with Crippen molar-refractivity contribution in [2.24, 2.45) is 29.1 Å². The summed E-state index contributed by atoms with van der Waals surface area (Å²) in [6, 6.07) is 5.38. The zero-order chi connectivity index (χ0) is 28.2. The van der Waals surface area contributed by atoms with Crippen molar-refractivity contribution < 1.29 is 34.2 Å². The summed E-state index contributed by atoms with van der Waals surface area (Å²) in [5.74, 6) is -5.06. The molecule has 5 rings (SSSR count). The summed E-state index contributed by atoms with van der Waals surface area (Å²) in [7, 11) is 0. The predicted octanol–water partition coefficient (Wildman–Crippen LogP) is 3.74. The lowest BCUT2D eigenvalue weighted by molar-refractivity contribution is -0.143. The van der Waals surface area contributed by atoms with Crippen LogP contribution in [0.15, 0.2) is 54.2 Å². The van der Waals surface area contributed by atoms with Crippen LogP contribution < -0.4 is 0 Å². The number of phenolic OH excluding ortho intramolecular Hbond substituents is 1. The number of likely N-dealkylation sites (tertiary alicyclic amines) is 1. The molecule has 2 amide bonds. The molecule has 0 radical (unpaired) electrons. The number of allylic oxidation sites excluding steroid dienone is 5. The second-order valence-corrected chi connectivity index (χ2v) is 11.4. The van der Waals surface area contributed by atoms with Gasteiger partial charge in [-0.3, -0.25) is 28.9 Å². The number of hydrogen-bond acceptors (Lipinski definition) is 6. The van der Waals surface area contributed by atoms with E-state index in [1.54, 1.807) is 32.1 Å². The van der Waals surface area contributed by atoms with Gasteiger partial charge in [-0.2, -0.15) is 0 Å². The summed E-state index contributed by atoms with van der Waals surface area (Å²) >= 11 is 0. The van der Waals surface area contributed by atoms with E-state index in [1.165, 1.54) is 11.0 Å². The molecule has 1 aromatic rings. The number of aliphatic carboxylic acids is 1. The molecule has 0 bridgehead atoms. The lowest BCUT2D eigenvalue weighted by Gasteiger charge is -2.53. The van der Waals surface area contributed by atoms with Crippen molar-refractivity contribution in [2.75, 3.05) is 6.54 Å². The summed E-state index contributed by atoms with van der Waals surface area (Å²) in [6.07, 6.45) is 6.00. The van der Waals surface area contributed by atoms with Crippen molar-refractivity contribution in [3.63, 3.8) is 0 Å². The van der Waals surface area contributed by atoms with E-state index in [2.05, 4.69) is 6.58 Å². The average Bonchev–Trinajstić information content (AvgIpc) is 3.13. The highest BCUT2D eigenvalue weighted by molar-refractivity contribution is 6.13. The quantitative estimate of drug-likeness (QED) is 0.405. The molecule has 4 aliphatic rings. The van der Waals surface area contributed by atoms with E-state index >= 15 is 0 Å². The Morgan fingerprint density at radius 2 is 1.92 bits per heavy atom. The molecule has 6 atom stereocenters. The Morgan fingerprint density at radius 1 is 1.18 bits per heavy atom. The van der Waals surface area contributed by atoms with Crippen LogP contribution in [-0.4, -0.2) is 51.0 Å². The third-order valence-corrected chi connectivity index (χ3v) is 9.33. The number of phenols is 1. The number of nitrogens with zero attached hydrogens (tertiary/aromatic N) is 1. The second kappa shape index (κ2) is 9.74. The van der Waals surface area contributed by atoms with Crippen LogP contribution in [0, 0.1) is 29.1 Å². The molecule has 1 heterocycles. The highest BCUT2D eigenvalue weighted by atomic mass is 16.4. The van der Waals surface area contributed by atoms with Crippen LogP contribution in [0.1, 0.15) is 56.6 Å². The first-order chi connectivity index (χ1) is 18.5. The third kappa shape index (κ3) is 3.99. The molecule has 0 spiro atoms. The van der Waals surface area contributed by atoms with E-state index in [1.807, 2.05) is 12.1 Å². The lowest BCUT2D eigenvalue weighted by Crippen LogP contribution is -2.54. The lowest BCUT2D eigenvalue weighted by atomic mass is 9.47. The number of para-hydroxylation sites is 1. The molecule has 1 saturated carbocycles. The highest BCUT2D eigenvalue weighted by Gasteiger charge is 2.63. The molecule has 2 N–H and O–H groups in total. The van der Waals surface area contributed by atoms with E-state index in [0.717, 1.165) is 5.57 Å². The number of amides is 2. The maximum atomic E-state index is 13.9. The summed E-state index contributed by atoms with van der Waals surface area (Å²) in [6.45, 7) is 7.24. The van der Waals surface area contributed by atoms with Crippen molar-refractivity contribution in [1.82, 2.24) is 4.90 Å². The Hall–Kier alpha value is -3.81. The number of imide groups is 1. The number of carbonyl (C=O) groups excluding carboxylic acids is 4. The zero-order valence-corrected chi connectivity index (χ0v) is 22.2. The predicted molar refractivity (Wildman–Crippen MR) is 141 cm³/mol. The molecule has 3 aliphatic carbocycles. The minimum absolute atomic E-state index is 0.0350. The Balaban J connectivity index is 1.63. The van der Waals surface area contributed by atoms with Crippen molar-refractivity contribution in [3.8, 4) is 5.75 Å². The van der Waals surface area contributed by atoms with Gasteiger partial charge in [0, 0.05) is 30.4 Å². The number of benzene rings is 1. The van der Waals surface area contributed by atoms with Gasteiger partial charge in [0.25, 0.3) is 0 Å². The van der Waals surface area contributed by atoms with Gasteiger partial charge in [0.2, 0.25) is 11.8 Å². The largest absolute Gasteiger partial charge is 0.507 e. The maximum Gasteiger partial charge on any atom is 0.303 e. The van der Waals surface area contributed by atoms with Crippen molar-refractivity contribution in [1.29, 1.82) is 0 Å². The Labute approximate surface area is 227 Å². The topological polar surface area (TPSA) is 129 Å². The van der Waals surface area contributed by atoms with E-state index in [9.17, 15) is 29.1 Å². The van der Waals surface area contributed by atoms with E-state index < -0.39 is 41.0 Å². The Morgan fingerprint density at radius 3 is 2.62 bits per heavy atom. The standard InChI is InChI=1S/C31H33NO7/c1-4-7-17-8-5-9-20(27(17)36)26-18-11-12-19-25(30(39)32(29(19)38)13-6-10-24(34)35)21(18)15-22-23(33)14-16(2)28(37)31(22,26)3/h4-5,8-9,11,14,19,21-22,25-26,36H,1,6-7,10,12-13,15H2,2-3H3,(H,34,35)/t19-,21+,22-,25-,26+,31+/m0/s1. The monoisotopic (exact) mass is 531 g/mol. The first-order valence-corrected chi connectivity index (χ1v) is 13.5. The fourth-order valence-electron chi connectivity index (χ4n) is 7.58. The zero-order valence-electron chi connectivity index (χ0n) is 22.2. The van der Waals surface area contributed by atoms with Crippen LogP contribution in [0.2, 0.25) is 0 Å². The van der Waals surface area contributed by atoms with Crippen LogP contribution in [-0.2, 0) is 30.4 Å². The fraction of sp³-hybridized carbons (Fsp3) is 0.452. The molecule has 8 heteroatoms. The van der Waals surface area contributed by atoms with Gasteiger partial charge in [0.05, 0.1) is 17.3 Å². The number of hydrogen-bond donors (Lipinski definition) is 2. The van der Waals surface area contributed by atoms with Gasteiger partial charge in [0.15, 0.2) is 11.6 Å². The SMILES string of the molecule is C=CCc1cccc([C@H]2C3=CC[C@@H]4C(=O)N(CCCC(=O)O)C(=O)[C@@H]4[C@@H]3C[C@H]3C(=O)C=C(C)C(=O)[C@@]23C)c1O. The summed E-state index contributed by atoms with van der Waals surface area (Å²) < 4.78 is 0. The van der Waals surface area contributed by atoms with Gasteiger partial charge in [-0.25, -0.2) is 0 Å². The average molecular weight is 532 g/mol. The summed E-state index contributed by atoms with van der Waals surface area (Å²) in [5.41, 5.74) is 1.20. The normalized spacial score (nSPS) is 31.7. The molecular formula is C31H33NO7. The van der Waals surface area contributed by atoms with Gasteiger partial charge >= 0.3 is 5.97 Å². The highest BCUT2D eigenvalue weighted by Crippen LogP contribution is 2.63. The molecule has 0 unspecified atom stereocenters. The molecule has 1 saturated heterocycles. The van der Waals surface area contributed by atoms with Gasteiger partial charge in [-0.1, -0.05) is 42.8 Å². The number of carboxylic acids is 1. The van der Waals surface area contributed by atoms with E-state index in [4.69, 9.17) is 5.11 Å². The number of carboxylic acid groups (broad SMARTS) is 1. The van der Waals surface area contributed by atoms with Crippen molar-refractivity contribution in [2.45, 2.75) is 51.9 Å². The molecule has 204 valence electrons. The van der Waals surface area contributed by atoms with Gasteiger partial charge in [0.1, 0.15) is 5.75 Å². The third-order valence-electron chi connectivity index (χ3n) is 9.33. The minimum atomic E-state index is -1.16. The number of fused-ring (bicyclic) bond motifs is 4. The second-order valence-electron chi connectivity index (χ2n) is 11.4. The molecule has 2 fully saturated rings. The fourth-order valence-corrected chi connectivity index (χ4v) is 7.58. The number of Topliss-reactive ketones (excluding diaryl/α,β-unsaturated/α-hetero) is 1. The first-order valence-electron chi connectivity index (χ1n) is 13.5. The number of ketones is 2. The van der Waals surface area contributed by atoms with E-state index in [0.29, 0.717) is 29.5 Å². The van der Waals surface area contributed by atoms with Crippen LogP contribution in [0.5, 0.6) is 5.75 Å². The summed E-state index contributed by atoms with van der Waals surface area (Å²) in [5, 5.41) is 20.4. The minimum Gasteiger partial charge on any atom is -0.507 e. The molecule has 39 heavy (non-hydrogen) atoms. The number of rotatable bonds is 7. The Kier molecular flexibility index (Phi) is 6.69. The van der Waals surface area contributed by atoms with E-state index in [-0.39, 0.29) is 54.9 Å². The van der Waals surface area contributed by atoms with Crippen molar-refractivity contribution >= 4 is 29.4 Å². The molecule has 0 aromatic heterocycles. The first kappa shape index (κ1) is 26.8. The van der Waals surface area contributed by atoms with Gasteiger partial charge in [-0.15, -0.1) is 6.58 Å². The smallest absolute Gasteiger partial charge is 0.303 e. The molecule has 1 aliphatic heterocycles. The Bertz CT molecular complexity index is 1370. The molecule has 8 nitrogen and oxygen atoms in total. The van der Waals surface area contributed by atoms with Crippen molar-refractivity contribution in [3.05, 3.63) is 65.3 Å². The molecular weight excluding hydrogens is 498 g/mol. The molecule has 1 aromatic carbocycles. The number of carbonyl (C=O) groups is 5. The van der Waals surface area contributed by atoms with Gasteiger partial charge in [-0.05, 0) is 55.7 Å². The number of aromatic hydroxyl groups is 1. The summed E-state index contributed by atoms with van der Waals surface area (Å²) in [4.78, 5) is 66.4. The van der Waals surface area contributed by atoms with Gasteiger partial charge < -0.3 is 10.2 Å². The maximum absolute atomic E-state index is 13.9. The van der Waals surface area contributed by atoms with Crippen LogP contribution in [0.25, 0.3) is 0 Å². The van der Waals surface area contributed by atoms with Crippen LogP contribution in [0.3, 0.4) is 0 Å².